The quantitative estimate of drug-likeness (QED) is 0.176. The van der Waals surface area contributed by atoms with Crippen LogP contribution in [0.5, 0.6) is 5.75 Å². The van der Waals surface area contributed by atoms with Crippen LogP contribution in [-0.4, -0.2) is 39.7 Å². The minimum Gasteiger partial charge on any atom is -0.507 e. The van der Waals surface area contributed by atoms with E-state index in [1.807, 2.05) is 66.7 Å². The number of imide groups is 2. The molecule has 3 aliphatic carbocycles. The van der Waals surface area contributed by atoms with Crippen LogP contribution in [0.4, 0.5) is 5.69 Å². The normalized spacial score (nSPS) is 29.6. The summed E-state index contributed by atoms with van der Waals surface area (Å²) in [4.78, 5) is 61.8. The van der Waals surface area contributed by atoms with Gasteiger partial charge in [0.25, 0.3) is 0 Å². The van der Waals surface area contributed by atoms with Crippen molar-refractivity contribution >= 4 is 51.7 Å². The average Bonchev–Trinajstić information content (AvgIpc) is 3.53. The fraction of sp³-hybridized carbons (Fsp3) is 0.333. The molecule has 7 nitrogen and oxygen atoms in total. The Morgan fingerprint density at radius 1 is 0.760 bits per heavy atom. The first kappa shape index (κ1) is 31.2. The maximum atomic E-state index is 15.4. The third-order valence-corrected chi connectivity index (χ3v) is 12.6. The zero-order valence-corrected chi connectivity index (χ0v) is 28.3. The Labute approximate surface area is 295 Å². The Morgan fingerprint density at radius 2 is 1.52 bits per heavy atom. The van der Waals surface area contributed by atoms with Crippen molar-refractivity contribution in [2.75, 3.05) is 4.90 Å². The van der Waals surface area contributed by atoms with Crippen LogP contribution in [0.25, 0.3) is 10.8 Å². The van der Waals surface area contributed by atoms with Crippen LogP contribution in [0.2, 0.25) is 5.02 Å². The molecular weight excluding hydrogens is 648 g/mol. The fourth-order valence-corrected chi connectivity index (χ4v) is 10.5. The highest BCUT2D eigenvalue weighted by atomic mass is 35.5. The van der Waals surface area contributed by atoms with Gasteiger partial charge in [-0.25, -0.2) is 4.90 Å². The zero-order chi connectivity index (χ0) is 34.3. The van der Waals surface area contributed by atoms with Gasteiger partial charge in [0.05, 0.1) is 28.9 Å². The van der Waals surface area contributed by atoms with Crippen molar-refractivity contribution in [2.45, 2.75) is 62.3 Å². The number of likely N-dealkylation sites (tertiary alicyclic amines) is 1. The molecule has 4 fully saturated rings. The molecule has 9 rings (SSSR count). The number of halogens is 1. The summed E-state index contributed by atoms with van der Waals surface area (Å²) in [5, 5.41) is 14.0. The van der Waals surface area contributed by atoms with Gasteiger partial charge in [0.15, 0.2) is 0 Å². The number of anilines is 1. The predicted molar refractivity (Wildman–Crippen MR) is 190 cm³/mol. The van der Waals surface area contributed by atoms with E-state index < -0.39 is 40.9 Å². The van der Waals surface area contributed by atoms with Gasteiger partial charge in [0.2, 0.25) is 23.6 Å². The van der Waals surface area contributed by atoms with Crippen LogP contribution in [0.3, 0.4) is 0 Å². The Morgan fingerprint density at radius 3 is 2.30 bits per heavy atom. The summed E-state index contributed by atoms with van der Waals surface area (Å²) in [6, 6.07) is 27.4. The maximum Gasteiger partial charge on any atom is 0.246 e. The van der Waals surface area contributed by atoms with Crippen molar-refractivity contribution in [3.05, 3.63) is 119 Å². The molecule has 50 heavy (non-hydrogen) atoms. The van der Waals surface area contributed by atoms with Crippen LogP contribution in [-0.2, 0) is 24.6 Å². The summed E-state index contributed by atoms with van der Waals surface area (Å²) < 4.78 is 0. The van der Waals surface area contributed by atoms with E-state index in [0.717, 1.165) is 43.1 Å². The van der Waals surface area contributed by atoms with Crippen LogP contribution in [0.15, 0.2) is 103 Å². The number of benzene rings is 4. The number of hydrogen-bond acceptors (Lipinski definition) is 5. The van der Waals surface area contributed by atoms with E-state index in [0.29, 0.717) is 33.6 Å². The molecule has 0 radical (unpaired) electrons. The van der Waals surface area contributed by atoms with E-state index in [-0.39, 0.29) is 35.9 Å². The second-order valence-electron chi connectivity index (χ2n) is 14.7. The fourth-order valence-electron chi connectivity index (χ4n) is 10.3. The highest BCUT2D eigenvalue weighted by molar-refractivity contribution is 6.32. The molecule has 252 valence electrons. The molecule has 2 aliphatic heterocycles. The van der Waals surface area contributed by atoms with Gasteiger partial charge in [-0.1, -0.05) is 115 Å². The molecule has 1 N–H and O–H groups in total. The number of fused-ring (bicyclic) bond motifs is 5. The van der Waals surface area contributed by atoms with E-state index in [4.69, 9.17) is 11.6 Å². The number of allylic oxidation sites excluding steroid dienone is 2. The summed E-state index contributed by atoms with van der Waals surface area (Å²) in [6.45, 7) is 0. The predicted octanol–water partition coefficient (Wildman–Crippen LogP) is 7.69. The second-order valence-corrected chi connectivity index (χ2v) is 15.1. The van der Waals surface area contributed by atoms with Crippen LogP contribution >= 0.6 is 11.6 Å². The molecule has 2 saturated heterocycles. The molecule has 2 saturated carbocycles. The third kappa shape index (κ3) is 4.28. The van der Waals surface area contributed by atoms with E-state index in [2.05, 4.69) is 6.08 Å². The first-order valence-corrected chi connectivity index (χ1v) is 18.2. The van der Waals surface area contributed by atoms with Crippen LogP contribution in [0, 0.1) is 23.7 Å². The number of phenolic OH excluding ortho intramolecular Hbond substituents is 1. The number of carbonyl (C=O) groups is 4. The monoisotopic (exact) mass is 684 g/mol. The van der Waals surface area contributed by atoms with Crippen molar-refractivity contribution in [2.24, 2.45) is 23.7 Å². The average molecular weight is 685 g/mol. The van der Waals surface area contributed by atoms with Crippen molar-refractivity contribution in [1.29, 1.82) is 0 Å². The van der Waals surface area contributed by atoms with E-state index in [1.165, 1.54) is 4.90 Å². The smallest absolute Gasteiger partial charge is 0.246 e. The molecular formula is C42H37ClN2O5. The van der Waals surface area contributed by atoms with Gasteiger partial charge in [-0.3, -0.25) is 24.1 Å². The summed E-state index contributed by atoms with van der Waals surface area (Å²) in [6.07, 6.45) is 7.37. The molecule has 4 amide bonds. The largest absolute Gasteiger partial charge is 0.507 e. The highest BCUT2D eigenvalue weighted by Gasteiger charge is 2.70. The number of nitrogens with zero attached hydrogens (tertiary/aromatic N) is 2. The second kappa shape index (κ2) is 11.7. The lowest BCUT2D eigenvalue weighted by Gasteiger charge is -2.50. The molecule has 8 heteroatoms. The van der Waals surface area contributed by atoms with Crippen LogP contribution in [0.1, 0.15) is 62.0 Å². The zero-order valence-electron chi connectivity index (χ0n) is 27.5. The van der Waals surface area contributed by atoms with Gasteiger partial charge in [-0.15, -0.1) is 0 Å². The Hall–Kier alpha value is -4.75. The molecule has 0 bridgehead atoms. The van der Waals surface area contributed by atoms with Gasteiger partial charge in [0, 0.05) is 27.9 Å². The molecule has 0 unspecified atom stereocenters. The minimum atomic E-state index is -1.44. The number of phenols is 1. The Kier molecular flexibility index (Phi) is 7.29. The lowest BCUT2D eigenvalue weighted by atomic mass is 9.49. The summed E-state index contributed by atoms with van der Waals surface area (Å²) in [5.41, 5.74) is 0.984. The maximum absolute atomic E-state index is 15.4. The topological polar surface area (TPSA) is 95.0 Å². The van der Waals surface area contributed by atoms with Gasteiger partial charge in [-0.05, 0) is 60.7 Å². The number of aromatic hydroxyl groups is 1. The number of amides is 4. The third-order valence-electron chi connectivity index (χ3n) is 12.4. The molecule has 4 aromatic rings. The molecule has 0 aromatic heterocycles. The molecule has 6 atom stereocenters. The lowest BCUT2D eigenvalue weighted by molar-refractivity contribution is -0.143. The van der Waals surface area contributed by atoms with E-state index in [1.54, 1.807) is 29.2 Å². The number of rotatable bonds is 4. The first-order chi connectivity index (χ1) is 24.3. The lowest BCUT2D eigenvalue weighted by Crippen LogP contribution is -2.53. The Balaban J connectivity index is 1.29. The van der Waals surface area contributed by atoms with Crippen LogP contribution < -0.4 is 4.90 Å². The van der Waals surface area contributed by atoms with Crippen molar-refractivity contribution in [3.63, 3.8) is 0 Å². The molecule has 2 heterocycles. The summed E-state index contributed by atoms with van der Waals surface area (Å²) in [7, 11) is 0. The van der Waals surface area contributed by atoms with Crippen molar-refractivity contribution in [1.82, 2.24) is 4.90 Å². The van der Waals surface area contributed by atoms with E-state index in [9.17, 15) is 19.5 Å². The first-order valence-electron chi connectivity index (χ1n) is 17.8. The SMILES string of the molecule is O=C1[C@@H]2C[C@@H]3C(=CC[C@@H]4C(=O)N(C5CCCCC5)C(=O)[C@@H]43)[C@H](c3ccc4ccccc4c3O)[C@]2(c2ccccc2)C(=O)N1c1cccc(Cl)c1. The summed E-state index contributed by atoms with van der Waals surface area (Å²) >= 11 is 6.43. The number of hydrogen-bond donors (Lipinski definition) is 1. The minimum absolute atomic E-state index is 0.0462. The molecule has 5 aliphatic rings. The van der Waals surface area contributed by atoms with Gasteiger partial charge in [0.1, 0.15) is 5.75 Å². The summed E-state index contributed by atoms with van der Waals surface area (Å²) in [5.74, 6) is -4.24. The standard InChI is InChI=1S/C42H37ClN2O5/c43-26-13-9-16-28(22-26)45-39(48)34-23-33-30(20-21-31-35(33)40(49)44(38(31)47)27-14-5-2-6-15-27)36(42(34,41(45)50)25-11-3-1-4-12-25)32-19-18-24-10-7-8-17-29(24)37(32)46/h1,3-4,7-13,16-20,22,27,31,33-36,46H,2,5-6,14-15,21,23H2/t31-,33+,34-,35-,36+,42+/m0/s1. The van der Waals surface area contributed by atoms with Gasteiger partial charge in [-0.2, -0.15) is 0 Å². The highest BCUT2D eigenvalue weighted by Crippen LogP contribution is 2.65. The van der Waals surface area contributed by atoms with E-state index >= 15 is 4.79 Å². The van der Waals surface area contributed by atoms with Gasteiger partial charge >= 0.3 is 0 Å². The van der Waals surface area contributed by atoms with Crippen molar-refractivity contribution < 1.29 is 24.3 Å². The Bertz CT molecular complexity index is 2120. The number of carbonyl (C=O) groups excluding carboxylic acids is 4. The van der Waals surface area contributed by atoms with Gasteiger partial charge < -0.3 is 5.11 Å². The molecule has 0 spiro atoms. The molecule has 4 aromatic carbocycles. The van der Waals surface area contributed by atoms with Crippen molar-refractivity contribution in [3.8, 4) is 5.75 Å².